The third-order valence-electron chi connectivity index (χ3n) is 6.49. The number of ether oxygens (including phenoxy) is 1. The molecule has 3 aliphatic rings. The van der Waals surface area contributed by atoms with Crippen LogP contribution in [0.3, 0.4) is 0 Å². The number of carbonyl (C=O) groups is 1. The van der Waals surface area contributed by atoms with E-state index in [2.05, 4.69) is 4.90 Å². The van der Waals surface area contributed by atoms with Crippen molar-refractivity contribution in [2.45, 2.75) is 66.9 Å². The van der Waals surface area contributed by atoms with Crippen LogP contribution in [-0.4, -0.2) is 49.3 Å². The number of nitrogens with zero attached hydrogens (tertiary/aromatic N) is 1. The molecule has 4 rings (SSSR count). The Morgan fingerprint density at radius 1 is 1.23 bits per heavy atom. The third kappa shape index (κ3) is 2.46. The molecule has 0 N–H and O–H groups in total. The Hall–Kier alpha value is -1.66. The van der Waals surface area contributed by atoms with Crippen molar-refractivity contribution in [2.75, 3.05) is 6.54 Å². The SMILES string of the molecule is C/C=C1/CC(S(=O)(=O)c2ccccc2)[C@@H]2C[C@@]1(OC=O)[C@H]1CCCCN21. The summed E-state index contributed by atoms with van der Waals surface area (Å²) >= 11 is 0. The minimum absolute atomic E-state index is 0.0913. The first kappa shape index (κ1) is 17.7. The average Bonchev–Trinajstić information content (AvgIpc) is 2.94. The maximum Gasteiger partial charge on any atom is 0.294 e. The largest absolute Gasteiger partial charge is 0.455 e. The lowest BCUT2D eigenvalue weighted by Crippen LogP contribution is -2.49. The first-order valence-electron chi connectivity index (χ1n) is 9.36. The second-order valence-corrected chi connectivity index (χ2v) is 9.71. The summed E-state index contributed by atoms with van der Waals surface area (Å²) in [6.07, 6.45) is 6.07. The highest BCUT2D eigenvalue weighted by Crippen LogP contribution is 2.53. The number of rotatable bonds is 4. The van der Waals surface area contributed by atoms with Gasteiger partial charge in [-0.3, -0.25) is 9.69 Å². The summed E-state index contributed by atoms with van der Waals surface area (Å²) in [5.41, 5.74) is 0.310. The molecule has 0 spiro atoms. The van der Waals surface area contributed by atoms with Crippen molar-refractivity contribution in [3.8, 4) is 0 Å². The highest BCUT2D eigenvalue weighted by molar-refractivity contribution is 7.92. The Morgan fingerprint density at radius 3 is 2.69 bits per heavy atom. The lowest BCUT2D eigenvalue weighted by molar-refractivity contribution is -0.143. The fraction of sp³-hybridized carbons (Fsp3) is 0.550. The molecule has 0 amide bonds. The predicted octanol–water partition coefficient (Wildman–Crippen LogP) is 2.72. The zero-order valence-corrected chi connectivity index (χ0v) is 15.8. The minimum Gasteiger partial charge on any atom is -0.455 e. The Labute approximate surface area is 154 Å². The maximum absolute atomic E-state index is 13.4. The van der Waals surface area contributed by atoms with Gasteiger partial charge in [-0.1, -0.05) is 30.7 Å². The zero-order valence-electron chi connectivity index (χ0n) is 15.0. The van der Waals surface area contributed by atoms with E-state index in [1.807, 2.05) is 19.1 Å². The first-order valence-corrected chi connectivity index (χ1v) is 10.9. The molecule has 1 unspecified atom stereocenters. The molecule has 1 aromatic rings. The van der Waals surface area contributed by atoms with Crippen LogP contribution < -0.4 is 0 Å². The highest BCUT2D eigenvalue weighted by Gasteiger charge is 2.63. The van der Waals surface area contributed by atoms with Crippen LogP contribution in [0.15, 0.2) is 46.9 Å². The van der Waals surface area contributed by atoms with E-state index in [1.165, 1.54) is 0 Å². The van der Waals surface area contributed by atoms with Gasteiger partial charge in [0.1, 0.15) is 5.60 Å². The third-order valence-corrected chi connectivity index (χ3v) is 8.70. The number of hydrogen-bond acceptors (Lipinski definition) is 5. The summed E-state index contributed by atoms with van der Waals surface area (Å²) in [6, 6.07) is 8.71. The molecule has 1 aliphatic carbocycles. The van der Waals surface area contributed by atoms with E-state index in [0.717, 1.165) is 31.4 Å². The molecule has 1 aromatic carbocycles. The van der Waals surface area contributed by atoms with E-state index in [0.29, 0.717) is 24.2 Å². The van der Waals surface area contributed by atoms with Crippen molar-refractivity contribution >= 4 is 16.3 Å². The lowest BCUT2D eigenvalue weighted by atomic mass is 9.76. The van der Waals surface area contributed by atoms with Gasteiger partial charge in [0.25, 0.3) is 6.47 Å². The second-order valence-electron chi connectivity index (χ2n) is 7.54. The monoisotopic (exact) mass is 375 g/mol. The van der Waals surface area contributed by atoms with Gasteiger partial charge >= 0.3 is 0 Å². The fourth-order valence-corrected chi connectivity index (χ4v) is 7.33. The first-order chi connectivity index (χ1) is 12.5. The molecule has 2 aliphatic heterocycles. The Balaban J connectivity index is 1.80. The molecule has 4 atom stereocenters. The van der Waals surface area contributed by atoms with Crippen LogP contribution >= 0.6 is 0 Å². The molecule has 5 nitrogen and oxygen atoms in total. The van der Waals surface area contributed by atoms with E-state index in [4.69, 9.17) is 4.74 Å². The van der Waals surface area contributed by atoms with E-state index >= 15 is 0 Å². The van der Waals surface area contributed by atoms with Gasteiger partial charge in [-0.25, -0.2) is 8.42 Å². The van der Waals surface area contributed by atoms with Gasteiger partial charge in [0.2, 0.25) is 0 Å². The number of hydrogen-bond donors (Lipinski definition) is 0. The number of fused-ring (bicyclic) bond motifs is 5. The molecule has 1 saturated carbocycles. The lowest BCUT2D eigenvalue weighted by Gasteiger charge is -2.40. The molecule has 2 heterocycles. The molecular weight excluding hydrogens is 350 g/mol. The van der Waals surface area contributed by atoms with Gasteiger partial charge in [-0.2, -0.15) is 0 Å². The van der Waals surface area contributed by atoms with Crippen molar-refractivity contribution in [1.82, 2.24) is 4.90 Å². The van der Waals surface area contributed by atoms with E-state index < -0.39 is 20.7 Å². The Bertz CT molecular complexity index is 819. The molecular formula is C20H25NO4S. The summed E-state index contributed by atoms with van der Waals surface area (Å²) in [5, 5.41) is -0.498. The standard InChI is InChI=1S/C20H25NO4S/c1-2-15-12-18(26(23,24)16-8-4-3-5-9-16)17-13-20(15,25-14-22)19-10-6-7-11-21(17)19/h2-5,8-9,14,17-19H,6-7,10-13H2,1H3/b15-2-/t17-,18?,19+,20-/m0/s1. The molecule has 6 heteroatoms. The van der Waals surface area contributed by atoms with Crippen LogP contribution in [-0.2, 0) is 19.4 Å². The summed E-state index contributed by atoms with van der Waals surface area (Å²) in [4.78, 5) is 14.0. The van der Waals surface area contributed by atoms with E-state index in [1.54, 1.807) is 24.3 Å². The average molecular weight is 375 g/mol. The summed E-state index contributed by atoms with van der Waals surface area (Å²) < 4.78 is 32.5. The normalized spacial score (nSPS) is 35.9. The topological polar surface area (TPSA) is 63.7 Å². The number of piperidine rings is 1. The Kier molecular flexibility index (Phi) is 4.43. The van der Waals surface area contributed by atoms with Crippen LogP contribution in [0, 0.1) is 0 Å². The van der Waals surface area contributed by atoms with Crippen molar-refractivity contribution in [1.29, 1.82) is 0 Å². The molecule has 26 heavy (non-hydrogen) atoms. The maximum atomic E-state index is 13.4. The molecule has 0 aromatic heterocycles. The van der Waals surface area contributed by atoms with Crippen LogP contribution in [0.4, 0.5) is 0 Å². The van der Waals surface area contributed by atoms with Gasteiger partial charge in [0, 0.05) is 12.5 Å². The number of allylic oxidation sites excluding steroid dienone is 1. The number of sulfone groups is 1. The number of benzene rings is 1. The van der Waals surface area contributed by atoms with Crippen LogP contribution in [0.5, 0.6) is 0 Å². The highest BCUT2D eigenvalue weighted by atomic mass is 32.2. The summed E-state index contributed by atoms with van der Waals surface area (Å²) in [6.45, 7) is 3.34. The van der Waals surface area contributed by atoms with Crippen LogP contribution in [0.1, 0.15) is 39.0 Å². The van der Waals surface area contributed by atoms with Crippen molar-refractivity contribution in [2.24, 2.45) is 0 Å². The van der Waals surface area contributed by atoms with E-state index in [9.17, 15) is 13.2 Å². The summed E-state index contributed by atoms with van der Waals surface area (Å²) in [7, 11) is -3.46. The summed E-state index contributed by atoms with van der Waals surface area (Å²) in [5.74, 6) is 0. The van der Waals surface area contributed by atoms with Crippen molar-refractivity contribution < 1.29 is 17.9 Å². The molecule has 2 saturated heterocycles. The predicted molar refractivity (Wildman–Crippen MR) is 98.4 cm³/mol. The smallest absolute Gasteiger partial charge is 0.294 e. The molecule has 140 valence electrons. The van der Waals surface area contributed by atoms with Gasteiger partial charge < -0.3 is 4.74 Å². The van der Waals surface area contributed by atoms with Crippen LogP contribution in [0.2, 0.25) is 0 Å². The zero-order chi connectivity index (χ0) is 18.4. The Morgan fingerprint density at radius 2 is 2.00 bits per heavy atom. The van der Waals surface area contributed by atoms with Crippen molar-refractivity contribution in [3.05, 3.63) is 42.0 Å². The molecule has 3 fully saturated rings. The van der Waals surface area contributed by atoms with Gasteiger partial charge in [0.05, 0.1) is 16.2 Å². The fourth-order valence-electron chi connectivity index (χ4n) is 5.38. The van der Waals surface area contributed by atoms with Gasteiger partial charge in [0.15, 0.2) is 9.84 Å². The van der Waals surface area contributed by atoms with Crippen molar-refractivity contribution in [3.63, 3.8) is 0 Å². The quantitative estimate of drug-likeness (QED) is 0.598. The van der Waals surface area contributed by atoms with Crippen LogP contribution in [0.25, 0.3) is 0 Å². The molecule has 2 bridgehead atoms. The number of carbonyl (C=O) groups excluding carboxylic acids is 1. The molecule has 0 radical (unpaired) electrons. The van der Waals surface area contributed by atoms with Gasteiger partial charge in [-0.05, 0) is 50.4 Å². The minimum atomic E-state index is -3.46. The second kappa shape index (κ2) is 6.50. The van der Waals surface area contributed by atoms with Gasteiger partial charge in [-0.15, -0.1) is 0 Å². The van der Waals surface area contributed by atoms with E-state index in [-0.39, 0.29) is 12.1 Å².